The topological polar surface area (TPSA) is 43.1 Å². The Hall–Kier alpha value is -0.370. The average molecular weight is 89.1 g/mol. The first-order valence-corrected chi connectivity index (χ1v) is 1.55. The molecule has 2 nitrogen and oxygen atoms in total. The van der Waals surface area contributed by atoms with Crippen molar-refractivity contribution in [1.29, 1.82) is 0 Å². The molecular weight excluding hydrogens is 78.0 g/mol. The van der Waals surface area contributed by atoms with Crippen molar-refractivity contribution in [1.82, 2.24) is 0 Å². The Morgan fingerprint density at radius 1 is 1.67 bits per heavy atom. The van der Waals surface area contributed by atoms with E-state index in [2.05, 4.69) is 0 Å². The smallest absolute Gasteiger partial charge is 0.121 e. The fourth-order valence-electron chi connectivity index (χ4n) is 0.0680. The lowest BCUT2D eigenvalue weighted by atomic mass is 10.5. The summed E-state index contributed by atoms with van der Waals surface area (Å²) < 4.78 is 0. The van der Waals surface area contributed by atoms with E-state index in [1.807, 2.05) is 0 Å². The second-order valence-corrected chi connectivity index (χ2v) is 0.744. The number of aldehydes is 1. The molecule has 0 rings (SSSR count). The van der Waals surface area contributed by atoms with E-state index in [1.165, 1.54) is 0 Å². The van der Waals surface area contributed by atoms with Crippen molar-refractivity contribution in [2.24, 2.45) is 5.73 Å². The van der Waals surface area contributed by atoms with Crippen molar-refractivity contribution in [3.05, 3.63) is 0 Å². The minimum atomic E-state index is 0. The minimum absolute atomic E-state index is 0. The second kappa shape index (κ2) is 8.82. The van der Waals surface area contributed by atoms with Crippen LogP contribution < -0.4 is 5.73 Å². The summed E-state index contributed by atoms with van der Waals surface area (Å²) in [6.45, 7) is 0.476. The highest BCUT2D eigenvalue weighted by molar-refractivity contribution is 5.49. The molecule has 0 radical (unpaired) electrons. The Morgan fingerprint density at radius 3 is 2.17 bits per heavy atom. The molecule has 0 bridgehead atoms. The van der Waals surface area contributed by atoms with Gasteiger partial charge in [-0.2, -0.15) is 0 Å². The summed E-state index contributed by atoms with van der Waals surface area (Å²) in [7, 11) is 0. The molecule has 38 valence electrons. The van der Waals surface area contributed by atoms with Crippen molar-refractivity contribution >= 4 is 6.29 Å². The molecule has 0 aliphatic carbocycles. The van der Waals surface area contributed by atoms with Gasteiger partial charge in [-0.25, -0.2) is 0 Å². The molecule has 0 saturated carbocycles. The number of carbonyl (C=O) groups is 1. The van der Waals surface area contributed by atoms with Crippen molar-refractivity contribution in [2.75, 3.05) is 6.54 Å². The first-order chi connectivity index (χ1) is 2.41. The summed E-state index contributed by atoms with van der Waals surface area (Å²) in [4.78, 5) is 9.32. The predicted molar refractivity (Wildman–Crippen MR) is 26.5 cm³/mol. The van der Waals surface area contributed by atoms with Crippen LogP contribution in [-0.2, 0) is 4.79 Å². The van der Waals surface area contributed by atoms with E-state index in [0.717, 1.165) is 6.29 Å². The monoisotopic (exact) mass is 89.1 g/mol. The molecular formula is C4H11NO. The summed E-state index contributed by atoms with van der Waals surface area (Å²) in [6, 6.07) is 0. The molecule has 0 aliphatic rings. The molecule has 0 unspecified atom stereocenters. The van der Waals surface area contributed by atoms with Gasteiger partial charge >= 0.3 is 0 Å². The molecule has 0 atom stereocenters. The van der Waals surface area contributed by atoms with Crippen LogP contribution in [0.25, 0.3) is 0 Å². The van der Waals surface area contributed by atoms with Gasteiger partial charge in [-0.15, -0.1) is 0 Å². The number of hydrogen-bond donors (Lipinski definition) is 1. The van der Waals surface area contributed by atoms with Crippen molar-refractivity contribution < 1.29 is 4.79 Å². The number of carbonyl (C=O) groups excluding carboxylic acids is 1. The normalized spacial score (nSPS) is 6.17. The molecule has 0 aliphatic heterocycles. The van der Waals surface area contributed by atoms with Gasteiger partial charge in [0.1, 0.15) is 6.29 Å². The maximum absolute atomic E-state index is 9.32. The van der Waals surface area contributed by atoms with Gasteiger partial charge in [0.15, 0.2) is 0 Å². The van der Waals surface area contributed by atoms with E-state index in [9.17, 15) is 4.79 Å². The standard InChI is InChI=1S/C3H7NO.CH4/c4-2-1-3-5;/h3H,1-2,4H2;1H4. The largest absolute Gasteiger partial charge is 0.330 e. The maximum Gasteiger partial charge on any atom is 0.121 e. The number of hydrogen-bond acceptors (Lipinski definition) is 2. The summed E-state index contributed by atoms with van der Waals surface area (Å²) >= 11 is 0. The third-order valence-corrected chi connectivity index (χ3v) is 0.285. The van der Waals surface area contributed by atoms with Crippen LogP contribution in [0.15, 0.2) is 0 Å². The zero-order chi connectivity index (χ0) is 4.12. The van der Waals surface area contributed by atoms with Gasteiger partial charge in [-0.05, 0) is 6.54 Å². The number of nitrogens with two attached hydrogens (primary N) is 1. The molecule has 0 aromatic rings. The van der Waals surface area contributed by atoms with Crippen LogP contribution in [0.3, 0.4) is 0 Å². The van der Waals surface area contributed by atoms with Gasteiger partial charge in [0.2, 0.25) is 0 Å². The fraction of sp³-hybridized carbons (Fsp3) is 0.750. The zero-order valence-corrected chi connectivity index (χ0v) is 2.98. The molecule has 0 amide bonds. The molecule has 0 saturated heterocycles. The van der Waals surface area contributed by atoms with Crippen LogP contribution in [0.5, 0.6) is 0 Å². The Balaban J connectivity index is 0. The maximum atomic E-state index is 9.32. The Kier molecular flexibility index (Phi) is 13.5. The van der Waals surface area contributed by atoms with Crippen molar-refractivity contribution in [3.8, 4) is 0 Å². The average Bonchev–Trinajstić information content (AvgIpc) is 1.41. The highest BCUT2D eigenvalue weighted by Gasteiger charge is 1.66. The lowest BCUT2D eigenvalue weighted by molar-refractivity contribution is -0.107. The van der Waals surface area contributed by atoms with E-state index in [0.29, 0.717) is 13.0 Å². The quantitative estimate of drug-likeness (QED) is 0.490. The Labute approximate surface area is 38.3 Å². The van der Waals surface area contributed by atoms with E-state index < -0.39 is 0 Å². The van der Waals surface area contributed by atoms with Gasteiger partial charge in [0.25, 0.3) is 0 Å². The minimum Gasteiger partial charge on any atom is -0.330 e. The highest BCUT2D eigenvalue weighted by Crippen LogP contribution is 1.54. The summed E-state index contributed by atoms with van der Waals surface area (Å²) in [6.07, 6.45) is 1.29. The molecule has 0 aromatic heterocycles. The first-order valence-electron chi connectivity index (χ1n) is 1.55. The lowest BCUT2D eigenvalue weighted by Gasteiger charge is -1.70. The third kappa shape index (κ3) is 9.45. The van der Waals surface area contributed by atoms with Gasteiger partial charge in [0, 0.05) is 6.42 Å². The first kappa shape index (κ1) is 9.16. The van der Waals surface area contributed by atoms with Crippen LogP contribution in [0, 0.1) is 0 Å². The third-order valence-electron chi connectivity index (χ3n) is 0.285. The van der Waals surface area contributed by atoms with Crippen LogP contribution >= 0.6 is 0 Å². The molecule has 0 heterocycles. The van der Waals surface area contributed by atoms with Crippen LogP contribution in [0.2, 0.25) is 0 Å². The summed E-state index contributed by atoms with van der Waals surface area (Å²) in [5.41, 5.74) is 4.91. The van der Waals surface area contributed by atoms with E-state index in [1.54, 1.807) is 0 Å². The van der Waals surface area contributed by atoms with Crippen LogP contribution in [0.1, 0.15) is 13.8 Å². The van der Waals surface area contributed by atoms with Crippen molar-refractivity contribution in [2.45, 2.75) is 13.8 Å². The van der Waals surface area contributed by atoms with Gasteiger partial charge in [0.05, 0.1) is 0 Å². The molecule has 0 aromatic carbocycles. The molecule has 0 spiro atoms. The molecule has 0 fully saturated rings. The number of rotatable bonds is 2. The van der Waals surface area contributed by atoms with Gasteiger partial charge in [-0.3, -0.25) is 0 Å². The van der Waals surface area contributed by atoms with E-state index >= 15 is 0 Å². The molecule has 6 heavy (non-hydrogen) atoms. The SMILES string of the molecule is C.NCCC=O. The fourth-order valence-corrected chi connectivity index (χ4v) is 0.0680. The van der Waals surface area contributed by atoms with E-state index in [4.69, 9.17) is 5.73 Å². The summed E-state index contributed by atoms with van der Waals surface area (Å²) in [5, 5.41) is 0. The van der Waals surface area contributed by atoms with E-state index in [-0.39, 0.29) is 7.43 Å². The van der Waals surface area contributed by atoms with Crippen LogP contribution in [-0.4, -0.2) is 12.8 Å². The molecule has 2 heteroatoms. The van der Waals surface area contributed by atoms with Crippen LogP contribution in [0.4, 0.5) is 0 Å². The van der Waals surface area contributed by atoms with Gasteiger partial charge in [-0.1, -0.05) is 7.43 Å². The Bertz CT molecular complexity index is 28.7. The molecule has 2 N–H and O–H groups in total. The zero-order valence-electron chi connectivity index (χ0n) is 2.98. The summed E-state index contributed by atoms with van der Waals surface area (Å²) in [5.74, 6) is 0. The predicted octanol–water partition coefficient (Wildman–Crippen LogP) is 0.170. The van der Waals surface area contributed by atoms with Gasteiger partial charge < -0.3 is 10.5 Å². The second-order valence-electron chi connectivity index (χ2n) is 0.744. The lowest BCUT2D eigenvalue weighted by Crippen LogP contribution is -1.97. The highest BCUT2D eigenvalue weighted by atomic mass is 16.1. The Morgan fingerprint density at radius 2 is 2.17 bits per heavy atom. The van der Waals surface area contributed by atoms with Crippen molar-refractivity contribution in [3.63, 3.8) is 0 Å².